The first-order valence-corrected chi connectivity index (χ1v) is 10.9. The highest BCUT2D eigenvalue weighted by atomic mass is 16.5. The van der Waals surface area contributed by atoms with Crippen LogP contribution in [-0.2, 0) is 0 Å². The summed E-state index contributed by atoms with van der Waals surface area (Å²) < 4.78 is 16.8. The Kier molecular flexibility index (Phi) is 7.06. The number of nitrogens with zero attached hydrogens (tertiary/aromatic N) is 4. The zero-order valence-corrected chi connectivity index (χ0v) is 18.5. The largest absolute Gasteiger partial charge is 0.493 e. The summed E-state index contributed by atoms with van der Waals surface area (Å²) in [6.07, 6.45) is 6.16. The van der Waals surface area contributed by atoms with E-state index in [9.17, 15) is 9.90 Å². The maximum absolute atomic E-state index is 12.6. The van der Waals surface area contributed by atoms with Crippen molar-refractivity contribution in [1.29, 1.82) is 0 Å². The lowest BCUT2D eigenvalue weighted by molar-refractivity contribution is -0.0429. The van der Waals surface area contributed by atoms with Gasteiger partial charge in [-0.1, -0.05) is 0 Å². The van der Waals surface area contributed by atoms with Gasteiger partial charge < -0.3 is 24.2 Å². The molecule has 2 atom stereocenters. The SMILES string of the molecule is COc1ccc(O[C@@H]2CN(C3CCN(C(=O)c4cnccn4)CC3)CC[C@H]2O)cc1OC. The van der Waals surface area contributed by atoms with Crippen molar-refractivity contribution in [1.82, 2.24) is 19.8 Å². The van der Waals surface area contributed by atoms with Gasteiger partial charge in [0.15, 0.2) is 11.5 Å². The first-order valence-electron chi connectivity index (χ1n) is 10.9. The number of methoxy groups -OCH3 is 2. The lowest BCUT2D eigenvalue weighted by Gasteiger charge is -2.43. The molecule has 1 aromatic heterocycles. The molecule has 0 radical (unpaired) electrons. The fraction of sp³-hybridized carbons (Fsp3) is 0.522. The summed E-state index contributed by atoms with van der Waals surface area (Å²) in [4.78, 5) is 24.9. The molecular weight excluding hydrogens is 412 g/mol. The minimum absolute atomic E-state index is 0.0692. The van der Waals surface area contributed by atoms with Crippen molar-refractivity contribution in [3.05, 3.63) is 42.5 Å². The second kappa shape index (κ2) is 10.1. The molecule has 2 saturated heterocycles. The number of aliphatic hydroxyl groups excluding tert-OH is 1. The van der Waals surface area contributed by atoms with E-state index in [0.717, 1.165) is 19.4 Å². The molecule has 0 aliphatic carbocycles. The second-order valence-corrected chi connectivity index (χ2v) is 8.14. The van der Waals surface area contributed by atoms with Gasteiger partial charge in [0.25, 0.3) is 5.91 Å². The summed E-state index contributed by atoms with van der Waals surface area (Å²) in [6, 6.07) is 5.75. The third-order valence-electron chi connectivity index (χ3n) is 6.25. The van der Waals surface area contributed by atoms with Gasteiger partial charge in [-0.2, -0.15) is 0 Å². The number of amides is 1. The Bertz CT molecular complexity index is 905. The number of ether oxygens (including phenoxy) is 3. The van der Waals surface area contributed by atoms with E-state index in [1.54, 1.807) is 32.5 Å². The van der Waals surface area contributed by atoms with Crippen LogP contribution in [0.15, 0.2) is 36.8 Å². The number of carbonyl (C=O) groups excluding carboxylic acids is 1. The second-order valence-electron chi connectivity index (χ2n) is 8.14. The summed E-state index contributed by atoms with van der Waals surface area (Å²) in [5.74, 6) is 1.79. The van der Waals surface area contributed by atoms with Crippen LogP contribution in [0.1, 0.15) is 29.8 Å². The number of rotatable bonds is 6. The van der Waals surface area contributed by atoms with Gasteiger partial charge >= 0.3 is 0 Å². The van der Waals surface area contributed by atoms with Crippen molar-refractivity contribution in [2.75, 3.05) is 40.4 Å². The predicted octanol–water partition coefficient (Wildman–Crippen LogP) is 1.61. The van der Waals surface area contributed by atoms with E-state index >= 15 is 0 Å². The summed E-state index contributed by atoms with van der Waals surface area (Å²) in [5.41, 5.74) is 0.385. The van der Waals surface area contributed by atoms with Crippen LogP contribution in [0.25, 0.3) is 0 Å². The van der Waals surface area contributed by atoms with Gasteiger partial charge in [0.1, 0.15) is 17.5 Å². The third kappa shape index (κ3) is 4.94. The van der Waals surface area contributed by atoms with Crippen molar-refractivity contribution in [2.45, 2.75) is 37.5 Å². The normalized spacial score (nSPS) is 22.4. The van der Waals surface area contributed by atoms with E-state index in [-0.39, 0.29) is 12.0 Å². The number of likely N-dealkylation sites (tertiary alicyclic amines) is 2. The summed E-state index contributed by atoms with van der Waals surface area (Å²) >= 11 is 0. The average Bonchev–Trinajstić information content (AvgIpc) is 2.85. The molecule has 0 bridgehead atoms. The van der Waals surface area contributed by atoms with Crippen LogP contribution in [0.4, 0.5) is 0 Å². The minimum Gasteiger partial charge on any atom is -0.493 e. The minimum atomic E-state index is -0.530. The molecular formula is C23H30N4O5. The van der Waals surface area contributed by atoms with Gasteiger partial charge in [-0.15, -0.1) is 0 Å². The fourth-order valence-corrected chi connectivity index (χ4v) is 4.45. The molecule has 0 saturated carbocycles. The zero-order valence-electron chi connectivity index (χ0n) is 18.5. The summed E-state index contributed by atoms with van der Waals surface area (Å²) in [5, 5.41) is 10.5. The van der Waals surface area contributed by atoms with E-state index in [4.69, 9.17) is 14.2 Å². The van der Waals surface area contributed by atoms with E-state index in [1.165, 1.54) is 12.4 Å². The highest BCUT2D eigenvalue weighted by Gasteiger charge is 2.35. The molecule has 0 unspecified atom stereocenters. The molecule has 32 heavy (non-hydrogen) atoms. The first-order chi connectivity index (χ1) is 15.6. The quantitative estimate of drug-likeness (QED) is 0.721. The molecule has 9 nitrogen and oxygen atoms in total. The number of piperidine rings is 2. The predicted molar refractivity (Wildman–Crippen MR) is 117 cm³/mol. The maximum atomic E-state index is 12.6. The number of benzene rings is 1. The molecule has 172 valence electrons. The molecule has 9 heteroatoms. The topological polar surface area (TPSA) is 97.3 Å². The molecule has 2 fully saturated rings. The van der Waals surface area contributed by atoms with E-state index < -0.39 is 6.10 Å². The molecule has 0 spiro atoms. The van der Waals surface area contributed by atoms with Crippen LogP contribution in [-0.4, -0.2) is 89.4 Å². The van der Waals surface area contributed by atoms with Crippen LogP contribution in [0.3, 0.4) is 0 Å². The Morgan fingerprint density at radius 2 is 1.84 bits per heavy atom. The van der Waals surface area contributed by atoms with Gasteiger partial charge in [0, 0.05) is 50.7 Å². The Hall–Kier alpha value is -2.91. The number of hydrogen-bond donors (Lipinski definition) is 1. The van der Waals surface area contributed by atoms with Crippen LogP contribution in [0.5, 0.6) is 17.2 Å². The van der Waals surface area contributed by atoms with E-state index in [2.05, 4.69) is 14.9 Å². The van der Waals surface area contributed by atoms with Gasteiger partial charge in [-0.05, 0) is 31.4 Å². The lowest BCUT2D eigenvalue weighted by atomic mass is 9.97. The number of hydrogen-bond acceptors (Lipinski definition) is 8. The summed E-state index contributed by atoms with van der Waals surface area (Å²) in [6.45, 7) is 2.81. The van der Waals surface area contributed by atoms with Crippen LogP contribution >= 0.6 is 0 Å². The van der Waals surface area contributed by atoms with Crippen molar-refractivity contribution in [3.8, 4) is 17.2 Å². The Morgan fingerprint density at radius 1 is 1.06 bits per heavy atom. The van der Waals surface area contributed by atoms with Gasteiger partial charge in [0.05, 0.1) is 26.5 Å². The number of carbonyl (C=O) groups is 1. The van der Waals surface area contributed by atoms with Gasteiger partial charge in [-0.3, -0.25) is 14.7 Å². The molecule has 1 amide bonds. The Morgan fingerprint density at radius 3 is 2.53 bits per heavy atom. The Labute approximate surface area is 187 Å². The van der Waals surface area contributed by atoms with Crippen molar-refractivity contribution in [2.24, 2.45) is 0 Å². The summed E-state index contributed by atoms with van der Waals surface area (Å²) in [7, 11) is 3.17. The standard InChI is InChI=1S/C23H30N4O5/c1-30-20-4-3-17(13-21(20)31-2)32-22-15-27(12-7-19(22)28)16-5-10-26(11-6-16)23(29)18-14-24-8-9-25-18/h3-4,8-9,13-14,16,19,22,28H,5-7,10-12,15H2,1-2H3/t19-,22-/m1/s1. The molecule has 2 aromatic rings. The molecule has 1 aromatic carbocycles. The number of aliphatic hydroxyl groups is 1. The van der Waals surface area contributed by atoms with Crippen LogP contribution in [0, 0.1) is 0 Å². The third-order valence-corrected chi connectivity index (χ3v) is 6.25. The molecule has 1 N–H and O–H groups in total. The van der Waals surface area contributed by atoms with Crippen LogP contribution in [0.2, 0.25) is 0 Å². The van der Waals surface area contributed by atoms with E-state index in [0.29, 0.717) is 55.0 Å². The zero-order chi connectivity index (χ0) is 22.5. The lowest BCUT2D eigenvalue weighted by Crippen LogP contribution is -2.55. The maximum Gasteiger partial charge on any atom is 0.274 e. The molecule has 2 aliphatic heterocycles. The molecule has 4 rings (SSSR count). The number of aromatic nitrogens is 2. The Balaban J connectivity index is 1.34. The van der Waals surface area contributed by atoms with Gasteiger partial charge in [0.2, 0.25) is 0 Å². The van der Waals surface area contributed by atoms with Crippen molar-refractivity contribution in [3.63, 3.8) is 0 Å². The van der Waals surface area contributed by atoms with Crippen LogP contribution < -0.4 is 14.2 Å². The average molecular weight is 443 g/mol. The highest BCUT2D eigenvalue weighted by Crippen LogP contribution is 2.32. The van der Waals surface area contributed by atoms with Gasteiger partial charge in [-0.25, -0.2) is 4.98 Å². The van der Waals surface area contributed by atoms with Crippen molar-refractivity contribution < 1.29 is 24.1 Å². The smallest absolute Gasteiger partial charge is 0.274 e. The monoisotopic (exact) mass is 442 g/mol. The first kappa shape index (κ1) is 22.3. The van der Waals surface area contributed by atoms with E-state index in [1.807, 2.05) is 11.0 Å². The molecule has 2 aliphatic rings. The molecule has 3 heterocycles. The fourth-order valence-electron chi connectivity index (χ4n) is 4.45. The highest BCUT2D eigenvalue weighted by molar-refractivity contribution is 5.92. The van der Waals surface area contributed by atoms with Crippen molar-refractivity contribution >= 4 is 5.91 Å².